The van der Waals surface area contributed by atoms with Gasteiger partial charge in [0.15, 0.2) is 0 Å². The van der Waals surface area contributed by atoms with Crippen LogP contribution in [0.3, 0.4) is 0 Å². The molecule has 0 radical (unpaired) electrons. The second-order valence-corrected chi connectivity index (χ2v) is 6.48. The summed E-state index contributed by atoms with van der Waals surface area (Å²) in [6, 6.07) is 4.30. The lowest BCUT2D eigenvalue weighted by Gasteiger charge is -2.09. The van der Waals surface area contributed by atoms with E-state index in [0.717, 1.165) is 24.3 Å². The molecule has 0 aliphatic heterocycles. The number of rotatable bonds is 8. The zero-order valence-corrected chi connectivity index (χ0v) is 13.1. The zero-order valence-electron chi connectivity index (χ0n) is 12.3. The maximum absolute atomic E-state index is 12.0. The van der Waals surface area contributed by atoms with Crippen LogP contribution in [-0.4, -0.2) is 44.7 Å². The van der Waals surface area contributed by atoms with Gasteiger partial charge in [0, 0.05) is 18.5 Å². The van der Waals surface area contributed by atoms with Crippen LogP contribution in [0.1, 0.15) is 23.2 Å². The summed E-state index contributed by atoms with van der Waals surface area (Å²) >= 11 is 0. The van der Waals surface area contributed by atoms with Gasteiger partial charge in [-0.3, -0.25) is 9.59 Å². The molecule has 3 N–H and O–H groups in total. The molecule has 0 aliphatic rings. The molecule has 1 rings (SSSR count). The van der Waals surface area contributed by atoms with Crippen molar-refractivity contribution in [3.63, 3.8) is 0 Å². The number of carbonyl (C=O) groups excluding carboxylic acids is 1. The first kappa shape index (κ1) is 19.9. The van der Waals surface area contributed by atoms with Crippen LogP contribution in [0.25, 0.3) is 0 Å². The lowest BCUT2D eigenvalue weighted by atomic mass is 10.2. The number of hydrogen-bond acceptors (Lipinski definition) is 4. The number of carboxylic acids is 1. The van der Waals surface area contributed by atoms with Crippen molar-refractivity contribution in [1.29, 1.82) is 0 Å². The third-order valence-corrected chi connectivity index (χ3v) is 4.21. The molecule has 1 amide bonds. The third-order valence-electron chi connectivity index (χ3n) is 2.74. The second-order valence-electron chi connectivity index (χ2n) is 4.72. The summed E-state index contributed by atoms with van der Waals surface area (Å²) in [7, 11) is -3.89. The largest absolute Gasteiger partial charge is 0.481 e. The van der Waals surface area contributed by atoms with E-state index in [2.05, 4.69) is 4.72 Å². The van der Waals surface area contributed by atoms with Crippen molar-refractivity contribution in [2.24, 2.45) is 0 Å². The number of aliphatic carboxylic acids is 1. The van der Waals surface area contributed by atoms with Gasteiger partial charge in [0.25, 0.3) is 5.91 Å². The molecule has 134 valence electrons. The van der Waals surface area contributed by atoms with Gasteiger partial charge in [0.2, 0.25) is 10.0 Å². The van der Waals surface area contributed by atoms with E-state index >= 15 is 0 Å². The van der Waals surface area contributed by atoms with E-state index in [0.29, 0.717) is 0 Å². The van der Waals surface area contributed by atoms with Crippen molar-refractivity contribution in [2.45, 2.75) is 23.9 Å². The first-order valence-corrected chi connectivity index (χ1v) is 8.16. The van der Waals surface area contributed by atoms with Crippen molar-refractivity contribution in [3.8, 4) is 0 Å². The van der Waals surface area contributed by atoms with Crippen LogP contribution in [0.15, 0.2) is 29.2 Å². The minimum Gasteiger partial charge on any atom is -0.481 e. The molecule has 0 fully saturated rings. The minimum atomic E-state index is -4.54. The number of halogens is 3. The third kappa shape index (κ3) is 6.96. The molecule has 0 spiro atoms. The van der Waals surface area contributed by atoms with Gasteiger partial charge < -0.3 is 10.4 Å². The van der Waals surface area contributed by atoms with Crippen molar-refractivity contribution < 1.29 is 36.3 Å². The fraction of sp³-hybridized carbons (Fsp3) is 0.385. The summed E-state index contributed by atoms with van der Waals surface area (Å²) in [6.45, 7) is -1.57. The molecule has 0 aromatic heterocycles. The van der Waals surface area contributed by atoms with Crippen molar-refractivity contribution in [3.05, 3.63) is 29.8 Å². The number of carboxylic acid groups (broad SMARTS) is 1. The highest BCUT2D eigenvalue weighted by atomic mass is 32.2. The first-order valence-electron chi connectivity index (χ1n) is 6.68. The Labute approximate surface area is 135 Å². The highest BCUT2D eigenvalue weighted by Crippen LogP contribution is 2.14. The Morgan fingerprint density at radius 1 is 1.12 bits per heavy atom. The van der Waals surface area contributed by atoms with Gasteiger partial charge in [-0.2, -0.15) is 13.2 Å². The number of amides is 1. The number of benzene rings is 1. The number of carbonyl (C=O) groups is 2. The highest BCUT2D eigenvalue weighted by Gasteiger charge is 2.28. The highest BCUT2D eigenvalue weighted by molar-refractivity contribution is 7.89. The molecule has 1 aromatic rings. The van der Waals surface area contributed by atoms with Gasteiger partial charge in [-0.25, -0.2) is 13.1 Å². The van der Waals surface area contributed by atoms with Crippen molar-refractivity contribution in [2.75, 3.05) is 13.1 Å². The normalized spacial score (nSPS) is 12.0. The smallest absolute Gasteiger partial charge is 0.405 e. The summed E-state index contributed by atoms with van der Waals surface area (Å²) in [5, 5.41) is 10.1. The van der Waals surface area contributed by atoms with Gasteiger partial charge >= 0.3 is 12.1 Å². The maximum Gasteiger partial charge on any atom is 0.405 e. The van der Waals surface area contributed by atoms with Crippen LogP contribution in [0.2, 0.25) is 0 Å². The Morgan fingerprint density at radius 2 is 1.71 bits per heavy atom. The van der Waals surface area contributed by atoms with E-state index in [9.17, 15) is 31.2 Å². The van der Waals surface area contributed by atoms with E-state index in [4.69, 9.17) is 5.11 Å². The van der Waals surface area contributed by atoms with Crippen LogP contribution in [0, 0.1) is 0 Å². The Balaban J connectivity index is 2.65. The number of nitrogens with one attached hydrogen (secondary N) is 2. The standard InChI is InChI=1S/C13H15F3N2O5S/c14-13(15,16)8-17-12(21)9-3-5-10(6-4-9)24(22,23)18-7-1-2-11(19)20/h3-6,18H,1-2,7-8H2,(H,17,21)(H,19,20). The van der Waals surface area contributed by atoms with E-state index < -0.39 is 34.6 Å². The van der Waals surface area contributed by atoms with Gasteiger partial charge in [-0.05, 0) is 30.7 Å². The molecule has 0 saturated heterocycles. The first-order chi connectivity index (χ1) is 11.0. The molecule has 0 unspecified atom stereocenters. The second kappa shape index (κ2) is 8.11. The van der Waals surface area contributed by atoms with Gasteiger partial charge in [0.1, 0.15) is 6.54 Å². The molecule has 0 bridgehead atoms. The van der Waals surface area contributed by atoms with E-state index in [-0.39, 0.29) is 29.8 Å². The fourth-order valence-electron chi connectivity index (χ4n) is 1.60. The Kier molecular flexibility index (Phi) is 6.72. The topological polar surface area (TPSA) is 113 Å². The average Bonchev–Trinajstić information content (AvgIpc) is 2.48. The Morgan fingerprint density at radius 3 is 2.21 bits per heavy atom. The van der Waals surface area contributed by atoms with Crippen LogP contribution < -0.4 is 10.0 Å². The fourth-order valence-corrected chi connectivity index (χ4v) is 2.67. The quantitative estimate of drug-likeness (QED) is 0.595. The van der Waals surface area contributed by atoms with Gasteiger partial charge in [-0.1, -0.05) is 0 Å². The molecule has 0 saturated carbocycles. The number of alkyl halides is 3. The Bertz CT molecular complexity index is 687. The summed E-state index contributed by atoms with van der Waals surface area (Å²) in [4.78, 5) is 21.6. The summed E-state index contributed by atoms with van der Waals surface area (Å²) in [5.74, 6) is -2.03. The molecule has 0 aliphatic carbocycles. The maximum atomic E-state index is 12.0. The van der Waals surface area contributed by atoms with Crippen LogP contribution in [0.4, 0.5) is 13.2 Å². The molecule has 24 heavy (non-hydrogen) atoms. The molecule has 1 aromatic carbocycles. The van der Waals surface area contributed by atoms with E-state index in [1.807, 2.05) is 0 Å². The molecule has 7 nitrogen and oxygen atoms in total. The lowest BCUT2D eigenvalue weighted by Crippen LogP contribution is -2.33. The average molecular weight is 368 g/mol. The van der Waals surface area contributed by atoms with Crippen LogP contribution >= 0.6 is 0 Å². The predicted molar refractivity (Wildman–Crippen MR) is 76.9 cm³/mol. The minimum absolute atomic E-state index is 0.0809. The van der Waals surface area contributed by atoms with Crippen LogP contribution in [0.5, 0.6) is 0 Å². The van der Waals surface area contributed by atoms with Crippen molar-refractivity contribution in [1.82, 2.24) is 10.0 Å². The zero-order chi connectivity index (χ0) is 18.4. The van der Waals surface area contributed by atoms with E-state index in [1.165, 1.54) is 0 Å². The summed E-state index contributed by atoms with van der Waals surface area (Å²) in [6.07, 6.45) is -4.63. The van der Waals surface area contributed by atoms with Crippen molar-refractivity contribution >= 4 is 21.9 Å². The molecular formula is C13H15F3N2O5S. The molecular weight excluding hydrogens is 353 g/mol. The molecule has 0 heterocycles. The molecule has 0 atom stereocenters. The Hall–Kier alpha value is -2.14. The number of sulfonamides is 1. The van der Waals surface area contributed by atoms with Gasteiger partial charge in [-0.15, -0.1) is 0 Å². The van der Waals surface area contributed by atoms with E-state index in [1.54, 1.807) is 5.32 Å². The summed E-state index contributed by atoms with van der Waals surface area (Å²) < 4.78 is 62.0. The molecule has 11 heteroatoms. The lowest BCUT2D eigenvalue weighted by molar-refractivity contribution is -0.137. The predicted octanol–water partition coefficient (Wildman–Crippen LogP) is 1.12. The summed E-state index contributed by atoms with van der Waals surface area (Å²) in [5.41, 5.74) is -0.121. The van der Waals surface area contributed by atoms with Gasteiger partial charge in [0.05, 0.1) is 4.90 Å². The number of hydrogen-bond donors (Lipinski definition) is 3. The SMILES string of the molecule is O=C(O)CCCNS(=O)(=O)c1ccc(C(=O)NCC(F)(F)F)cc1. The van der Waals surface area contributed by atoms with Crippen LogP contribution in [-0.2, 0) is 14.8 Å². The monoisotopic (exact) mass is 368 g/mol.